The van der Waals surface area contributed by atoms with Gasteiger partial charge in [-0.2, -0.15) is 0 Å². The average Bonchev–Trinajstić information content (AvgIpc) is 2.86. The molecule has 2 heterocycles. The van der Waals surface area contributed by atoms with Crippen LogP contribution in [0.15, 0.2) is 12.1 Å². The van der Waals surface area contributed by atoms with Crippen LogP contribution in [0, 0.1) is 12.8 Å². The summed E-state index contributed by atoms with van der Waals surface area (Å²) in [5.74, 6) is 2.03. The molecule has 1 aromatic rings. The highest BCUT2D eigenvalue weighted by Crippen LogP contribution is 2.25. The van der Waals surface area contributed by atoms with Crippen molar-refractivity contribution in [3.8, 4) is 0 Å². The molecule has 0 bridgehead atoms. The van der Waals surface area contributed by atoms with Crippen molar-refractivity contribution in [3.63, 3.8) is 0 Å². The van der Waals surface area contributed by atoms with Crippen LogP contribution in [0.25, 0.3) is 0 Å². The van der Waals surface area contributed by atoms with Crippen LogP contribution < -0.4 is 10.2 Å². The lowest BCUT2D eigenvalue weighted by molar-refractivity contribution is 0.529. The zero-order valence-corrected chi connectivity index (χ0v) is 13.4. The molecule has 1 aromatic heterocycles. The summed E-state index contributed by atoms with van der Waals surface area (Å²) < 4.78 is 0. The van der Waals surface area contributed by atoms with Gasteiger partial charge in [0.15, 0.2) is 0 Å². The fourth-order valence-electron chi connectivity index (χ4n) is 2.94. The highest BCUT2D eigenvalue weighted by molar-refractivity contribution is 5.42. The number of aryl methyl sites for hydroxylation is 1. The van der Waals surface area contributed by atoms with Crippen molar-refractivity contribution < 1.29 is 0 Å². The lowest BCUT2D eigenvalue weighted by atomic mass is 10.0. The van der Waals surface area contributed by atoms with Crippen molar-refractivity contribution >= 4 is 5.82 Å². The minimum atomic E-state index is 0.516. The van der Waals surface area contributed by atoms with Crippen molar-refractivity contribution in [2.75, 3.05) is 18.0 Å². The third-order valence-corrected chi connectivity index (χ3v) is 4.19. The van der Waals surface area contributed by atoms with E-state index >= 15 is 0 Å². The zero-order valence-electron chi connectivity index (χ0n) is 13.4. The first-order chi connectivity index (χ1) is 9.60. The van der Waals surface area contributed by atoms with E-state index in [2.05, 4.69) is 50.0 Å². The maximum absolute atomic E-state index is 4.81. The maximum Gasteiger partial charge on any atom is 0.128 e. The summed E-state index contributed by atoms with van der Waals surface area (Å²) in [6, 6.07) is 4.95. The predicted octanol–water partition coefficient (Wildman–Crippen LogP) is 3.51. The molecule has 20 heavy (non-hydrogen) atoms. The Bertz CT molecular complexity index is 428. The number of rotatable bonds is 6. The molecule has 112 valence electrons. The Morgan fingerprint density at radius 3 is 2.85 bits per heavy atom. The van der Waals surface area contributed by atoms with E-state index in [-0.39, 0.29) is 0 Å². The van der Waals surface area contributed by atoms with Crippen molar-refractivity contribution in [1.82, 2.24) is 10.3 Å². The second kappa shape index (κ2) is 7.07. The molecule has 1 aliphatic rings. The van der Waals surface area contributed by atoms with Gasteiger partial charge in [0.25, 0.3) is 0 Å². The van der Waals surface area contributed by atoms with E-state index in [1.54, 1.807) is 0 Å². The first-order valence-corrected chi connectivity index (χ1v) is 8.05. The van der Waals surface area contributed by atoms with Gasteiger partial charge >= 0.3 is 0 Å². The second-order valence-electron chi connectivity index (χ2n) is 6.34. The van der Waals surface area contributed by atoms with E-state index in [1.165, 1.54) is 37.9 Å². The van der Waals surface area contributed by atoms with E-state index in [1.807, 2.05) is 0 Å². The van der Waals surface area contributed by atoms with Crippen molar-refractivity contribution in [2.45, 2.75) is 59.5 Å². The van der Waals surface area contributed by atoms with Gasteiger partial charge in [0.05, 0.1) is 0 Å². The fourth-order valence-corrected chi connectivity index (χ4v) is 2.94. The SMILES string of the molecule is CCCC1CCN(c2ccc(CNC(C)C)c(C)n2)C1. The second-order valence-corrected chi connectivity index (χ2v) is 6.34. The summed E-state index contributed by atoms with van der Waals surface area (Å²) in [6.45, 7) is 12.0. The molecule has 0 aliphatic carbocycles. The molecule has 0 spiro atoms. The largest absolute Gasteiger partial charge is 0.356 e. The number of hydrogen-bond acceptors (Lipinski definition) is 3. The van der Waals surface area contributed by atoms with Crippen LogP contribution in [-0.4, -0.2) is 24.1 Å². The van der Waals surface area contributed by atoms with Gasteiger partial charge in [0, 0.05) is 31.4 Å². The van der Waals surface area contributed by atoms with Gasteiger partial charge in [-0.1, -0.05) is 33.3 Å². The molecule has 1 fully saturated rings. The summed E-state index contributed by atoms with van der Waals surface area (Å²) >= 11 is 0. The van der Waals surface area contributed by atoms with Crippen LogP contribution in [0.5, 0.6) is 0 Å². The highest BCUT2D eigenvalue weighted by atomic mass is 15.2. The molecule has 1 N–H and O–H groups in total. The van der Waals surface area contributed by atoms with Crippen molar-refractivity contribution in [2.24, 2.45) is 5.92 Å². The molecule has 0 radical (unpaired) electrons. The summed E-state index contributed by atoms with van der Waals surface area (Å²) in [5, 5.41) is 3.46. The van der Waals surface area contributed by atoms with Gasteiger partial charge in [-0.25, -0.2) is 4.98 Å². The molecular weight excluding hydrogens is 246 g/mol. The van der Waals surface area contributed by atoms with Crippen molar-refractivity contribution in [1.29, 1.82) is 0 Å². The number of anilines is 1. The lowest BCUT2D eigenvalue weighted by Crippen LogP contribution is -2.24. The molecule has 0 aromatic carbocycles. The van der Waals surface area contributed by atoms with Gasteiger partial charge in [-0.3, -0.25) is 0 Å². The summed E-state index contributed by atoms with van der Waals surface area (Å²) in [6.07, 6.45) is 3.97. The molecule has 1 unspecified atom stereocenters. The van der Waals surface area contributed by atoms with Crippen LogP contribution in [0.4, 0.5) is 5.82 Å². The van der Waals surface area contributed by atoms with Gasteiger partial charge in [0.1, 0.15) is 5.82 Å². The average molecular weight is 275 g/mol. The van der Waals surface area contributed by atoms with Crippen molar-refractivity contribution in [3.05, 3.63) is 23.4 Å². The predicted molar refractivity (Wildman–Crippen MR) is 86.2 cm³/mol. The molecule has 1 atom stereocenters. The fraction of sp³-hybridized carbons (Fsp3) is 0.706. The standard InChI is InChI=1S/C17H29N3/c1-5-6-15-9-10-20(12-15)17-8-7-16(14(4)19-17)11-18-13(2)3/h7-8,13,15,18H,5-6,9-12H2,1-4H3. The summed E-state index contributed by atoms with van der Waals surface area (Å²) in [4.78, 5) is 7.26. The minimum Gasteiger partial charge on any atom is -0.356 e. The van der Waals surface area contributed by atoms with E-state index in [0.29, 0.717) is 6.04 Å². The van der Waals surface area contributed by atoms with Crippen LogP contribution >= 0.6 is 0 Å². The number of aromatic nitrogens is 1. The van der Waals surface area contributed by atoms with E-state index in [4.69, 9.17) is 4.98 Å². The first-order valence-electron chi connectivity index (χ1n) is 8.05. The van der Waals surface area contributed by atoms with Crippen LogP contribution in [0.3, 0.4) is 0 Å². The highest BCUT2D eigenvalue weighted by Gasteiger charge is 2.22. The van der Waals surface area contributed by atoms with Gasteiger partial charge in [0.2, 0.25) is 0 Å². The topological polar surface area (TPSA) is 28.2 Å². The van der Waals surface area contributed by atoms with Gasteiger partial charge in [-0.15, -0.1) is 0 Å². The Morgan fingerprint density at radius 2 is 2.20 bits per heavy atom. The minimum absolute atomic E-state index is 0.516. The Labute approximate surface area is 123 Å². The molecule has 3 heteroatoms. The van der Waals surface area contributed by atoms with E-state index < -0.39 is 0 Å². The molecule has 1 saturated heterocycles. The third kappa shape index (κ3) is 3.95. The van der Waals surface area contributed by atoms with E-state index in [9.17, 15) is 0 Å². The third-order valence-electron chi connectivity index (χ3n) is 4.19. The number of pyridine rings is 1. The molecular formula is C17H29N3. The molecule has 1 aliphatic heterocycles. The molecule has 0 saturated carbocycles. The lowest BCUT2D eigenvalue weighted by Gasteiger charge is -2.19. The molecule has 0 amide bonds. The smallest absolute Gasteiger partial charge is 0.128 e. The Kier molecular flexibility index (Phi) is 5.41. The Morgan fingerprint density at radius 1 is 1.40 bits per heavy atom. The van der Waals surface area contributed by atoms with Crippen LogP contribution in [0.2, 0.25) is 0 Å². The monoisotopic (exact) mass is 275 g/mol. The normalized spacial score (nSPS) is 19.1. The first kappa shape index (κ1) is 15.3. The number of nitrogens with one attached hydrogen (secondary N) is 1. The Balaban J connectivity index is 1.98. The summed E-state index contributed by atoms with van der Waals surface area (Å²) in [5.41, 5.74) is 2.47. The maximum atomic E-state index is 4.81. The number of hydrogen-bond donors (Lipinski definition) is 1. The van der Waals surface area contributed by atoms with Gasteiger partial charge < -0.3 is 10.2 Å². The van der Waals surface area contributed by atoms with Crippen LogP contribution in [-0.2, 0) is 6.54 Å². The summed E-state index contributed by atoms with van der Waals surface area (Å²) in [7, 11) is 0. The number of nitrogens with zero attached hydrogens (tertiary/aromatic N) is 2. The quantitative estimate of drug-likeness (QED) is 0.861. The van der Waals surface area contributed by atoms with Gasteiger partial charge in [-0.05, 0) is 37.3 Å². The molecule has 3 nitrogen and oxygen atoms in total. The molecule has 2 rings (SSSR count). The van der Waals surface area contributed by atoms with Crippen LogP contribution in [0.1, 0.15) is 51.3 Å². The Hall–Kier alpha value is -1.09. The zero-order chi connectivity index (χ0) is 14.5. The van der Waals surface area contributed by atoms with E-state index in [0.717, 1.165) is 24.0 Å².